The summed E-state index contributed by atoms with van der Waals surface area (Å²) in [4.78, 5) is 10.6. The molecule has 1 fully saturated rings. The summed E-state index contributed by atoms with van der Waals surface area (Å²) in [5, 5.41) is 2.59. The highest BCUT2D eigenvalue weighted by atomic mass is 32.2. The molecule has 0 aromatic rings. The molecule has 3 N–H and O–H groups in total. The number of rotatable bonds is 4. The van der Waals surface area contributed by atoms with E-state index in [9.17, 15) is 13.2 Å². The molecule has 0 bridgehead atoms. The van der Waals surface area contributed by atoms with Gasteiger partial charge in [0.2, 0.25) is 15.9 Å². The number of carbonyl (C=O) groups excluding carboxylic acids is 1. The normalized spacial score (nSPS) is 22.9. The molecule has 0 saturated carbocycles. The molecule has 15 heavy (non-hydrogen) atoms. The highest BCUT2D eigenvalue weighted by Crippen LogP contribution is 2.14. The minimum absolute atomic E-state index is 0.251. The number of primary amides is 1. The Hall–Kier alpha value is -0.660. The average molecular weight is 235 g/mol. The molecule has 1 amide bonds. The summed E-state index contributed by atoms with van der Waals surface area (Å²) >= 11 is 0. The molecule has 0 aromatic heterocycles. The van der Waals surface area contributed by atoms with Gasteiger partial charge in [0.05, 0.1) is 11.8 Å². The molecule has 1 unspecified atom stereocenters. The van der Waals surface area contributed by atoms with Crippen LogP contribution in [0, 0.1) is 0 Å². The zero-order chi connectivity index (χ0) is 11.5. The predicted octanol–water partition coefficient (Wildman–Crippen LogP) is -1.51. The van der Waals surface area contributed by atoms with Crippen molar-refractivity contribution in [1.29, 1.82) is 0 Å². The third-order valence-corrected chi connectivity index (χ3v) is 4.73. The number of amides is 1. The van der Waals surface area contributed by atoms with E-state index in [0.717, 1.165) is 17.3 Å². The molecule has 0 radical (unpaired) electrons. The van der Waals surface area contributed by atoms with E-state index in [1.807, 2.05) is 0 Å². The molecule has 0 aromatic carbocycles. The van der Waals surface area contributed by atoms with Crippen LogP contribution in [0.1, 0.15) is 12.8 Å². The largest absolute Gasteiger partial charge is 0.369 e. The molecule has 1 atom stereocenters. The predicted molar refractivity (Wildman–Crippen MR) is 56.6 cm³/mol. The van der Waals surface area contributed by atoms with Crippen LogP contribution in [0.4, 0.5) is 0 Å². The van der Waals surface area contributed by atoms with Crippen molar-refractivity contribution < 1.29 is 13.2 Å². The third kappa shape index (κ3) is 3.15. The van der Waals surface area contributed by atoms with Crippen molar-refractivity contribution in [2.24, 2.45) is 5.73 Å². The fourth-order valence-corrected chi connectivity index (χ4v) is 3.25. The number of nitrogens with zero attached hydrogens (tertiary/aromatic N) is 1. The summed E-state index contributed by atoms with van der Waals surface area (Å²) in [5.41, 5.74) is 4.96. The van der Waals surface area contributed by atoms with Gasteiger partial charge in [-0.15, -0.1) is 0 Å². The van der Waals surface area contributed by atoms with Gasteiger partial charge in [-0.05, 0) is 19.4 Å². The van der Waals surface area contributed by atoms with Gasteiger partial charge in [-0.2, -0.15) is 4.31 Å². The number of hydrogen-bond acceptors (Lipinski definition) is 4. The maximum absolute atomic E-state index is 11.9. The standard InChI is InChI=1S/C8H17N3O3S/c1-11(6-8(9)12)15(13,14)7-3-2-4-10-5-7/h7,10H,2-6H2,1H3,(H2,9,12). The zero-order valence-electron chi connectivity index (χ0n) is 8.77. The topological polar surface area (TPSA) is 92.5 Å². The Morgan fingerprint density at radius 2 is 2.27 bits per heavy atom. The van der Waals surface area contributed by atoms with E-state index >= 15 is 0 Å². The molecule has 0 spiro atoms. The summed E-state index contributed by atoms with van der Waals surface area (Å²) in [6, 6.07) is 0. The fourth-order valence-electron chi connectivity index (χ4n) is 1.64. The minimum atomic E-state index is -3.39. The second-order valence-corrected chi connectivity index (χ2v) is 6.06. The smallest absolute Gasteiger partial charge is 0.232 e. The van der Waals surface area contributed by atoms with Gasteiger partial charge in [0.15, 0.2) is 0 Å². The quantitative estimate of drug-likeness (QED) is 0.619. The zero-order valence-corrected chi connectivity index (χ0v) is 9.59. The number of sulfonamides is 1. The van der Waals surface area contributed by atoms with E-state index in [1.54, 1.807) is 0 Å². The van der Waals surface area contributed by atoms with Crippen LogP contribution in [0.15, 0.2) is 0 Å². The number of nitrogens with two attached hydrogens (primary N) is 1. The molecule has 0 aliphatic carbocycles. The van der Waals surface area contributed by atoms with Crippen molar-refractivity contribution in [3.05, 3.63) is 0 Å². The summed E-state index contributed by atoms with van der Waals surface area (Å²) in [7, 11) is -2.00. The molecular formula is C8H17N3O3S. The van der Waals surface area contributed by atoms with E-state index in [4.69, 9.17) is 5.73 Å². The Labute approximate surface area is 89.9 Å². The summed E-state index contributed by atoms with van der Waals surface area (Å²) in [6.07, 6.45) is 1.48. The number of nitrogens with one attached hydrogen (secondary N) is 1. The first-order valence-electron chi connectivity index (χ1n) is 4.89. The molecule has 1 saturated heterocycles. The number of hydrogen-bond donors (Lipinski definition) is 2. The summed E-state index contributed by atoms with van der Waals surface area (Å²) in [6.45, 7) is 1.05. The molecule has 1 aliphatic heterocycles. The summed E-state index contributed by atoms with van der Waals surface area (Å²) in [5.74, 6) is -0.634. The second kappa shape index (κ2) is 4.91. The molecule has 88 valence electrons. The third-order valence-electron chi connectivity index (χ3n) is 2.49. The monoisotopic (exact) mass is 235 g/mol. The van der Waals surface area contributed by atoms with E-state index in [0.29, 0.717) is 13.0 Å². The van der Waals surface area contributed by atoms with Gasteiger partial charge >= 0.3 is 0 Å². The van der Waals surface area contributed by atoms with Crippen molar-refractivity contribution in [3.63, 3.8) is 0 Å². The van der Waals surface area contributed by atoms with Crippen LogP contribution in [0.25, 0.3) is 0 Å². The van der Waals surface area contributed by atoms with Crippen LogP contribution < -0.4 is 11.1 Å². The van der Waals surface area contributed by atoms with Crippen LogP contribution in [-0.2, 0) is 14.8 Å². The Morgan fingerprint density at radius 3 is 2.73 bits per heavy atom. The SMILES string of the molecule is CN(CC(N)=O)S(=O)(=O)C1CCCNC1. The van der Waals surface area contributed by atoms with Crippen molar-refractivity contribution in [3.8, 4) is 0 Å². The lowest BCUT2D eigenvalue weighted by Gasteiger charge is -2.26. The maximum atomic E-state index is 11.9. The van der Waals surface area contributed by atoms with Gasteiger partial charge in [-0.25, -0.2) is 8.42 Å². The van der Waals surface area contributed by atoms with Gasteiger partial charge < -0.3 is 11.1 Å². The molecule has 6 nitrogen and oxygen atoms in total. The second-order valence-electron chi connectivity index (χ2n) is 3.74. The van der Waals surface area contributed by atoms with Gasteiger partial charge in [0.25, 0.3) is 0 Å². The number of carbonyl (C=O) groups is 1. The van der Waals surface area contributed by atoms with Crippen LogP contribution in [0.3, 0.4) is 0 Å². The van der Waals surface area contributed by atoms with Crippen molar-refractivity contribution >= 4 is 15.9 Å². The molecule has 1 heterocycles. The number of likely N-dealkylation sites (N-methyl/N-ethyl adjacent to an activating group) is 1. The lowest BCUT2D eigenvalue weighted by molar-refractivity contribution is -0.118. The van der Waals surface area contributed by atoms with E-state index in [2.05, 4.69) is 5.32 Å². The van der Waals surface area contributed by atoms with Crippen molar-refractivity contribution in [2.75, 3.05) is 26.7 Å². The molecule has 1 aliphatic rings. The van der Waals surface area contributed by atoms with E-state index in [-0.39, 0.29) is 6.54 Å². The Morgan fingerprint density at radius 1 is 1.60 bits per heavy atom. The van der Waals surface area contributed by atoms with Crippen LogP contribution >= 0.6 is 0 Å². The average Bonchev–Trinajstić information content (AvgIpc) is 2.18. The number of piperidine rings is 1. The van der Waals surface area contributed by atoms with Gasteiger partial charge in [-0.3, -0.25) is 4.79 Å². The first-order chi connectivity index (χ1) is 6.94. The van der Waals surface area contributed by atoms with Crippen LogP contribution in [0.2, 0.25) is 0 Å². The van der Waals surface area contributed by atoms with Gasteiger partial charge in [-0.1, -0.05) is 0 Å². The van der Waals surface area contributed by atoms with E-state index < -0.39 is 21.2 Å². The fraction of sp³-hybridized carbons (Fsp3) is 0.875. The molecular weight excluding hydrogens is 218 g/mol. The van der Waals surface area contributed by atoms with Crippen molar-refractivity contribution in [2.45, 2.75) is 18.1 Å². The van der Waals surface area contributed by atoms with Gasteiger partial charge in [0.1, 0.15) is 0 Å². The van der Waals surface area contributed by atoms with E-state index in [1.165, 1.54) is 7.05 Å². The minimum Gasteiger partial charge on any atom is -0.369 e. The Kier molecular flexibility index (Phi) is 4.06. The first kappa shape index (κ1) is 12.4. The van der Waals surface area contributed by atoms with Crippen molar-refractivity contribution in [1.82, 2.24) is 9.62 Å². The van der Waals surface area contributed by atoms with Crippen LogP contribution in [0.5, 0.6) is 0 Å². The molecule has 7 heteroatoms. The van der Waals surface area contributed by atoms with Gasteiger partial charge in [0, 0.05) is 13.6 Å². The maximum Gasteiger partial charge on any atom is 0.232 e. The lowest BCUT2D eigenvalue weighted by atomic mass is 10.2. The first-order valence-corrected chi connectivity index (χ1v) is 6.39. The highest BCUT2D eigenvalue weighted by molar-refractivity contribution is 7.89. The Bertz CT molecular complexity index is 322. The molecule has 1 rings (SSSR count). The Balaban J connectivity index is 2.67. The van der Waals surface area contributed by atoms with Crippen LogP contribution in [-0.4, -0.2) is 50.6 Å². The summed E-state index contributed by atoms with van der Waals surface area (Å²) < 4.78 is 24.8. The lowest BCUT2D eigenvalue weighted by Crippen LogP contribution is -2.46. The highest BCUT2D eigenvalue weighted by Gasteiger charge is 2.31.